The Hall–Kier alpha value is -1.84. The molecule has 0 atom stereocenters. The number of carbonyl (C=O) groups is 2. The first-order chi connectivity index (χ1) is 8.83. The Morgan fingerprint density at radius 3 is 2.37 bits per heavy atom. The summed E-state index contributed by atoms with van der Waals surface area (Å²) in [5.74, 6) is 0.348. The third-order valence-corrected chi connectivity index (χ3v) is 2.50. The van der Waals surface area contributed by atoms with Gasteiger partial charge in [0.25, 0.3) is 0 Å². The van der Waals surface area contributed by atoms with Crippen molar-refractivity contribution < 1.29 is 14.3 Å². The lowest BCUT2D eigenvalue weighted by Gasteiger charge is -2.20. The van der Waals surface area contributed by atoms with Gasteiger partial charge < -0.3 is 10.1 Å². The molecule has 0 aliphatic rings. The highest BCUT2D eigenvalue weighted by molar-refractivity contribution is 6.00. The molecule has 0 fully saturated rings. The smallest absolute Gasteiger partial charge is 0.220 e. The van der Waals surface area contributed by atoms with Gasteiger partial charge in [0.05, 0.1) is 12.7 Å². The van der Waals surface area contributed by atoms with Gasteiger partial charge in [0.15, 0.2) is 5.78 Å². The number of amides is 1. The third kappa shape index (κ3) is 5.12. The number of hydrogen-bond acceptors (Lipinski definition) is 3. The van der Waals surface area contributed by atoms with Gasteiger partial charge in [-0.05, 0) is 32.9 Å². The van der Waals surface area contributed by atoms with E-state index < -0.39 is 0 Å². The molecule has 0 aliphatic heterocycles. The molecule has 1 aromatic carbocycles. The molecule has 1 amide bonds. The summed E-state index contributed by atoms with van der Waals surface area (Å²) in [6, 6.07) is 7.04. The molecule has 0 aromatic heterocycles. The molecule has 0 heterocycles. The number of para-hydroxylation sites is 1. The zero-order valence-corrected chi connectivity index (χ0v) is 11.9. The Kier molecular flexibility index (Phi) is 5.10. The standard InChI is InChI=1S/C15H21NO3/c1-15(2,3)16-14(18)10-9-12(17)11-7-5-6-8-13(11)19-4/h5-8H,9-10H2,1-4H3,(H,16,18). The van der Waals surface area contributed by atoms with E-state index in [4.69, 9.17) is 4.74 Å². The summed E-state index contributed by atoms with van der Waals surface area (Å²) in [6.07, 6.45) is 0.371. The molecule has 0 radical (unpaired) electrons. The molecule has 104 valence electrons. The van der Waals surface area contributed by atoms with Crippen LogP contribution in [0.25, 0.3) is 0 Å². The van der Waals surface area contributed by atoms with Crippen LogP contribution in [0.15, 0.2) is 24.3 Å². The van der Waals surface area contributed by atoms with Gasteiger partial charge in [-0.3, -0.25) is 9.59 Å². The molecule has 0 saturated heterocycles. The van der Waals surface area contributed by atoms with Crippen molar-refractivity contribution in [2.24, 2.45) is 0 Å². The number of Topliss-reactive ketones (excluding diaryl/α,β-unsaturated/α-hetero) is 1. The molecule has 4 heteroatoms. The second-order valence-electron chi connectivity index (χ2n) is 5.42. The molecular weight excluding hydrogens is 242 g/mol. The van der Waals surface area contributed by atoms with Gasteiger partial charge in [0.2, 0.25) is 5.91 Å². The van der Waals surface area contributed by atoms with Crippen LogP contribution in [0.1, 0.15) is 44.0 Å². The number of rotatable bonds is 5. The topological polar surface area (TPSA) is 55.4 Å². The van der Waals surface area contributed by atoms with Crippen LogP contribution < -0.4 is 10.1 Å². The van der Waals surface area contributed by atoms with Crippen LogP contribution in [0.4, 0.5) is 0 Å². The van der Waals surface area contributed by atoms with Gasteiger partial charge in [-0.1, -0.05) is 12.1 Å². The van der Waals surface area contributed by atoms with Crippen LogP contribution in [-0.4, -0.2) is 24.3 Å². The number of methoxy groups -OCH3 is 1. The van der Waals surface area contributed by atoms with Gasteiger partial charge in [-0.2, -0.15) is 0 Å². The zero-order valence-electron chi connectivity index (χ0n) is 11.9. The summed E-state index contributed by atoms with van der Waals surface area (Å²) in [6.45, 7) is 5.73. The summed E-state index contributed by atoms with van der Waals surface area (Å²) in [7, 11) is 1.53. The molecule has 0 unspecified atom stereocenters. The predicted octanol–water partition coefficient (Wildman–Crippen LogP) is 2.57. The number of ketones is 1. The molecule has 0 saturated carbocycles. The molecule has 1 aromatic rings. The summed E-state index contributed by atoms with van der Waals surface area (Å²) in [5.41, 5.74) is 0.249. The number of benzene rings is 1. The van der Waals surface area contributed by atoms with Crippen molar-refractivity contribution in [2.75, 3.05) is 7.11 Å². The lowest BCUT2D eigenvalue weighted by molar-refractivity contribution is -0.122. The van der Waals surface area contributed by atoms with Gasteiger partial charge >= 0.3 is 0 Å². The number of ether oxygens (including phenoxy) is 1. The lowest BCUT2D eigenvalue weighted by Crippen LogP contribution is -2.40. The summed E-state index contributed by atoms with van der Waals surface area (Å²) in [4.78, 5) is 23.7. The highest BCUT2D eigenvalue weighted by atomic mass is 16.5. The molecule has 0 aliphatic carbocycles. The number of hydrogen-bond donors (Lipinski definition) is 1. The van der Waals surface area contributed by atoms with E-state index in [-0.39, 0.29) is 30.1 Å². The van der Waals surface area contributed by atoms with Crippen LogP contribution >= 0.6 is 0 Å². The Morgan fingerprint density at radius 2 is 1.79 bits per heavy atom. The Morgan fingerprint density at radius 1 is 1.16 bits per heavy atom. The maximum Gasteiger partial charge on any atom is 0.220 e. The second-order valence-corrected chi connectivity index (χ2v) is 5.42. The van der Waals surface area contributed by atoms with Crippen LogP contribution in [-0.2, 0) is 4.79 Å². The van der Waals surface area contributed by atoms with Crippen molar-refractivity contribution in [3.8, 4) is 5.75 Å². The molecule has 4 nitrogen and oxygen atoms in total. The average molecular weight is 263 g/mol. The largest absolute Gasteiger partial charge is 0.496 e. The highest BCUT2D eigenvalue weighted by Gasteiger charge is 2.16. The zero-order chi connectivity index (χ0) is 14.5. The molecule has 0 spiro atoms. The van der Waals surface area contributed by atoms with E-state index in [0.29, 0.717) is 11.3 Å². The fraction of sp³-hybridized carbons (Fsp3) is 0.467. The monoisotopic (exact) mass is 263 g/mol. The maximum atomic E-state index is 12.0. The van der Waals surface area contributed by atoms with Crippen molar-refractivity contribution in [1.29, 1.82) is 0 Å². The summed E-state index contributed by atoms with van der Waals surface area (Å²) < 4.78 is 5.13. The Bertz CT molecular complexity index is 461. The summed E-state index contributed by atoms with van der Waals surface area (Å²) >= 11 is 0. The average Bonchev–Trinajstić information content (AvgIpc) is 2.33. The van der Waals surface area contributed by atoms with Gasteiger partial charge in [0, 0.05) is 18.4 Å². The van der Waals surface area contributed by atoms with E-state index in [2.05, 4.69) is 5.32 Å². The van der Waals surface area contributed by atoms with Crippen LogP contribution in [0.3, 0.4) is 0 Å². The lowest BCUT2D eigenvalue weighted by atomic mass is 10.0. The van der Waals surface area contributed by atoms with E-state index in [1.165, 1.54) is 7.11 Å². The quantitative estimate of drug-likeness (QED) is 0.831. The Labute approximate surface area is 114 Å². The fourth-order valence-electron chi connectivity index (χ4n) is 1.72. The summed E-state index contributed by atoms with van der Waals surface area (Å²) in [5, 5.41) is 2.83. The van der Waals surface area contributed by atoms with E-state index in [0.717, 1.165) is 0 Å². The van der Waals surface area contributed by atoms with Gasteiger partial charge in [-0.25, -0.2) is 0 Å². The predicted molar refractivity (Wildman–Crippen MR) is 74.5 cm³/mol. The van der Waals surface area contributed by atoms with Crippen molar-refractivity contribution in [2.45, 2.75) is 39.2 Å². The normalized spacial score (nSPS) is 10.9. The number of nitrogens with one attached hydrogen (secondary N) is 1. The van der Waals surface area contributed by atoms with E-state index >= 15 is 0 Å². The SMILES string of the molecule is COc1ccccc1C(=O)CCC(=O)NC(C)(C)C. The van der Waals surface area contributed by atoms with Crippen LogP contribution in [0.5, 0.6) is 5.75 Å². The maximum absolute atomic E-state index is 12.0. The number of carbonyl (C=O) groups excluding carboxylic acids is 2. The molecule has 1 N–H and O–H groups in total. The van der Waals surface area contributed by atoms with E-state index in [1.54, 1.807) is 18.2 Å². The molecule has 19 heavy (non-hydrogen) atoms. The minimum Gasteiger partial charge on any atom is -0.496 e. The minimum atomic E-state index is -0.273. The van der Waals surface area contributed by atoms with Gasteiger partial charge in [-0.15, -0.1) is 0 Å². The van der Waals surface area contributed by atoms with Gasteiger partial charge in [0.1, 0.15) is 5.75 Å². The van der Waals surface area contributed by atoms with E-state index in [9.17, 15) is 9.59 Å². The first-order valence-corrected chi connectivity index (χ1v) is 6.31. The van der Waals surface area contributed by atoms with Crippen LogP contribution in [0.2, 0.25) is 0 Å². The molecular formula is C15H21NO3. The Balaban J connectivity index is 2.59. The fourth-order valence-corrected chi connectivity index (χ4v) is 1.72. The third-order valence-electron chi connectivity index (χ3n) is 2.50. The van der Waals surface area contributed by atoms with Crippen LogP contribution in [0, 0.1) is 0 Å². The van der Waals surface area contributed by atoms with Crippen molar-refractivity contribution in [3.63, 3.8) is 0 Å². The second kappa shape index (κ2) is 6.36. The first kappa shape index (κ1) is 15.2. The van der Waals surface area contributed by atoms with Crippen molar-refractivity contribution in [1.82, 2.24) is 5.32 Å². The van der Waals surface area contributed by atoms with E-state index in [1.807, 2.05) is 26.8 Å². The highest BCUT2D eigenvalue weighted by Crippen LogP contribution is 2.19. The van der Waals surface area contributed by atoms with Crippen molar-refractivity contribution >= 4 is 11.7 Å². The first-order valence-electron chi connectivity index (χ1n) is 6.31. The minimum absolute atomic E-state index is 0.0819. The molecule has 1 rings (SSSR count). The van der Waals surface area contributed by atoms with Crippen molar-refractivity contribution in [3.05, 3.63) is 29.8 Å². The molecule has 0 bridgehead atoms.